The molecule has 0 atom stereocenters. The lowest BCUT2D eigenvalue weighted by Crippen LogP contribution is -1.93. The number of hydrogen-bond donors (Lipinski definition) is 2. The third-order valence-electron chi connectivity index (χ3n) is 1.97. The Morgan fingerprint density at radius 2 is 2.33 bits per heavy atom. The van der Waals surface area contributed by atoms with Gasteiger partial charge in [0.2, 0.25) is 0 Å². The molecule has 0 aliphatic rings. The molecule has 1 rings (SSSR count). The summed E-state index contributed by atoms with van der Waals surface area (Å²) >= 11 is 3.41. The number of unbranched alkanes of at least 4 members (excludes halogenated alkanes) is 1. The number of nitrogens with zero attached hydrogens (tertiary/aromatic N) is 1. The van der Waals surface area contributed by atoms with Crippen LogP contribution in [0, 0.1) is 6.92 Å². The van der Waals surface area contributed by atoms with Crippen LogP contribution in [0.1, 0.15) is 18.4 Å². The number of rotatable bonds is 5. The van der Waals surface area contributed by atoms with Crippen molar-refractivity contribution >= 4 is 27.8 Å². The number of hydrazone groups is 1. The summed E-state index contributed by atoms with van der Waals surface area (Å²) in [5, 5.41) is 12.6. The summed E-state index contributed by atoms with van der Waals surface area (Å²) in [6, 6.07) is 6.00. The Kier molecular flexibility index (Phi) is 5.36. The Morgan fingerprint density at radius 3 is 3.07 bits per heavy atom. The average molecular weight is 271 g/mol. The molecule has 82 valence electrons. The van der Waals surface area contributed by atoms with Crippen molar-refractivity contribution in [2.75, 3.05) is 12.0 Å². The molecule has 2 N–H and O–H groups in total. The second kappa shape index (κ2) is 6.58. The van der Waals surface area contributed by atoms with Crippen LogP contribution in [-0.4, -0.2) is 17.9 Å². The molecule has 0 aromatic heterocycles. The van der Waals surface area contributed by atoms with Gasteiger partial charge in [0.1, 0.15) is 0 Å². The van der Waals surface area contributed by atoms with E-state index < -0.39 is 0 Å². The monoisotopic (exact) mass is 270 g/mol. The summed E-state index contributed by atoms with van der Waals surface area (Å²) in [4.78, 5) is 0. The lowest BCUT2D eigenvalue weighted by atomic mass is 10.2. The number of halogens is 1. The van der Waals surface area contributed by atoms with Gasteiger partial charge in [-0.15, -0.1) is 0 Å². The van der Waals surface area contributed by atoms with Crippen LogP contribution in [-0.2, 0) is 0 Å². The zero-order valence-electron chi connectivity index (χ0n) is 8.70. The highest BCUT2D eigenvalue weighted by molar-refractivity contribution is 9.10. The first-order valence-corrected chi connectivity index (χ1v) is 5.68. The molecule has 1 aromatic rings. The molecule has 0 saturated carbocycles. The fraction of sp³-hybridized carbons (Fsp3) is 0.364. The first-order chi connectivity index (χ1) is 7.24. The zero-order chi connectivity index (χ0) is 11.1. The summed E-state index contributed by atoms with van der Waals surface area (Å²) in [6.45, 7) is 2.24. The number of benzene rings is 1. The maximum atomic E-state index is 8.57. The molecule has 0 aliphatic heterocycles. The summed E-state index contributed by atoms with van der Waals surface area (Å²) in [6.07, 6.45) is 3.32. The summed E-state index contributed by atoms with van der Waals surface area (Å²) < 4.78 is 1.03. The van der Waals surface area contributed by atoms with Gasteiger partial charge in [-0.25, -0.2) is 0 Å². The molecular weight excluding hydrogens is 256 g/mol. The van der Waals surface area contributed by atoms with Crippen LogP contribution in [0.25, 0.3) is 0 Å². The molecule has 0 amide bonds. The van der Waals surface area contributed by atoms with Crippen molar-refractivity contribution in [2.24, 2.45) is 5.10 Å². The van der Waals surface area contributed by atoms with Crippen LogP contribution in [0.3, 0.4) is 0 Å². The predicted octanol–water partition coefficient (Wildman–Crippen LogP) is 2.93. The van der Waals surface area contributed by atoms with Crippen molar-refractivity contribution in [3.8, 4) is 0 Å². The van der Waals surface area contributed by atoms with Crippen molar-refractivity contribution in [3.63, 3.8) is 0 Å². The van der Waals surface area contributed by atoms with Crippen LogP contribution in [0.4, 0.5) is 5.69 Å². The number of aliphatic hydroxyl groups is 1. The van der Waals surface area contributed by atoms with E-state index in [-0.39, 0.29) is 6.61 Å². The van der Waals surface area contributed by atoms with Crippen molar-refractivity contribution in [2.45, 2.75) is 19.8 Å². The Hall–Kier alpha value is -0.870. The van der Waals surface area contributed by atoms with Crippen molar-refractivity contribution in [1.82, 2.24) is 0 Å². The van der Waals surface area contributed by atoms with Crippen molar-refractivity contribution in [3.05, 3.63) is 28.2 Å². The smallest absolute Gasteiger partial charge is 0.0602 e. The largest absolute Gasteiger partial charge is 0.396 e. The number of nitrogens with one attached hydrogen (secondary N) is 1. The van der Waals surface area contributed by atoms with Crippen LogP contribution in [0.15, 0.2) is 27.8 Å². The standard InChI is InChI=1S/C11H15BrN2O/c1-9-4-5-10(12)8-11(9)14-13-6-2-3-7-15/h4-6,8,14-15H,2-3,7H2,1H3/b13-6+. The Bertz CT molecular complexity index is 339. The lowest BCUT2D eigenvalue weighted by molar-refractivity contribution is 0.291. The van der Waals surface area contributed by atoms with E-state index in [9.17, 15) is 0 Å². The van der Waals surface area contributed by atoms with Crippen LogP contribution in [0.2, 0.25) is 0 Å². The highest BCUT2D eigenvalue weighted by Gasteiger charge is 1.96. The molecule has 3 nitrogen and oxygen atoms in total. The summed E-state index contributed by atoms with van der Waals surface area (Å²) in [7, 11) is 0. The minimum absolute atomic E-state index is 0.210. The topological polar surface area (TPSA) is 44.6 Å². The van der Waals surface area contributed by atoms with E-state index in [2.05, 4.69) is 26.5 Å². The zero-order valence-corrected chi connectivity index (χ0v) is 10.3. The second-order valence-corrected chi connectivity index (χ2v) is 4.16. The molecule has 1 aromatic carbocycles. The predicted molar refractivity (Wildman–Crippen MR) is 67.3 cm³/mol. The third-order valence-corrected chi connectivity index (χ3v) is 2.46. The minimum Gasteiger partial charge on any atom is -0.396 e. The van der Waals surface area contributed by atoms with Gasteiger partial charge in [0.25, 0.3) is 0 Å². The van der Waals surface area contributed by atoms with E-state index in [4.69, 9.17) is 5.11 Å². The molecular formula is C11H15BrN2O. The van der Waals surface area contributed by atoms with Crippen LogP contribution >= 0.6 is 15.9 Å². The number of aliphatic hydroxyl groups excluding tert-OH is 1. The van der Waals surface area contributed by atoms with E-state index in [0.29, 0.717) is 0 Å². The van der Waals surface area contributed by atoms with Gasteiger partial charge in [-0.3, -0.25) is 5.43 Å². The van der Waals surface area contributed by atoms with E-state index in [1.807, 2.05) is 25.1 Å². The molecule has 15 heavy (non-hydrogen) atoms. The van der Waals surface area contributed by atoms with Crippen molar-refractivity contribution in [1.29, 1.82) is 0 Å². The van der Waals surface area contributed by atoms with Crippen LogP contribution < -0.4 is 5.43 Å². The Labute approximate surface area is 98.3 Å². The van der Waals surface area contributed by atoms with E-state index in [0.717, 1.165) is 28.6 Å². The molecule has 0 aliphatic carbocycles. The minimum atomic E-state index is 0.210. The average Bonchev–Trinajstić information content (AvgIpc) is 2.23. The maximum Gasteiger partial charge on any atom is 0.0602 e. The number of hydrogen-bond acceptors (Lipinski definition) is 3. The fourth-order valence-electron chi connectivity index (χ4n) is 1.08. The molecule has 0 saturated heterocycles. The van der Waals surface area contributed by atoms with E-state index >= 15 is 0 Å². The van der Waals surface area contributed by atoms with E-state index in [1.54, 1.807) is 6.21 Å². The fourth-order valence-corrected chi connectivity index (χ4v) is 1.44. The van der Waals surface area contributed by atoms with Gasteiger partial charge in [-0.2, -0.15) is 5.10 Å². The number of aryl methyl sites for hydroxylation is 1. The van der Waals surface area contributed by atoms with Crippen molar-refractivity contribution < 1.29 is 5.11 Å². The quantitative estimate of drug-likeness (QED) is 0.491. The second-order valence-electron chi connectivity index (χ2n) is 3.25. The highest BCUT2D eigenvalue weighted by atomic mass is 79.9. The van der Waals surface area contributed by atoms with Gasteiger partial charge in [0.05, 0.1) is 5.69 Å². The van der Waals surface area contributed by atoms with E-state index in [1.165, 1.54) is 0 Å². The first-order valence-electron chi connectivity index (χ1n) is 4.88. The lowest BCUT2D eigenvalue weighted by Gasteiger charge is -2.04. The molecule has 0 radical (unpaired) electrons. The SMILES string of the molecule is Cc1ccc(Br)cc1N/N=C/CCCO. The molecule has 0 heterocycles. The van der Waals surface area contributed by atoms with Crippen LogP contribution in [0.5, 0.6) is 0 Å². The van der Waals surface area contributed by atoms with Gasteiger partial charge in [0.15, 0.2) is 0 Å². The normalized spacial score (nSPS) is 10.9. The Morgan fingerprint density at radius 1 is 1.53 bits per heavy atom. The first kappa shape index (κ1) is 12.2. The number of anilines is 1. The summed E-state index contributed by atoms with van der Waals surface area (Å²) in [5.74, 6) is 0. The molecule has 0 spiro atoms. The highest BCUT2D eigenvalue weighted by Crippen LogP contribution is 2.20. The van der Waals surface area contributed by atoms with Gasteiger partial charge in [0, 0.05) is 17.3 Å². The molecule has 0 unspecified atom stereocenters. The molecule has 4 heteroatoms. The third kappa shape index (κ3) is 4.44. The van der Waals surface area contributed by atoms with Gasteiger partial charge < -0.3 is 5.11 Å². The van der Waals surface area contributed by atoms with Gasteiger partial charge in [-0.1, -0.05) is 22.0 Å². The van der Waals surface area contributed by atoms with Gasteiger partial charge >= 0.3 is 0 Å². The maximum absolute atomic E-state index is 8.57. The molecule has 0 fully saturated rings. The summed E-state index contributed by atoms with van der Waals surface area (Å²) in [5.41, 5.74) is 5.11. The Balaban J connectivity index is 2.49. The van der Waals surface area contributed by atoms with Gasteiger partial charge in [-0.05, 0) is 37.5 Å². The molecule has 0 bridgehead atoms.